The van der Waals surface area contributed by atoms with Crippen molar-refractivity contribution in [1.82, 2.24) is 9.71 Å². The number of carbonyl (C=O) groups excluding carboxylic acids is 1. The molecule has 0 radical (unpaired) electrons. The second-order valence-electron chi connectivity index (χ2n) is 3.11. The lowest BCUT2D eigenvalue weighted by molar-refractivity contribution is -0.137. The number of nitrogens with one attached hydrogen (secondary N) is 1. The van der Waals surface area contributed by atoms with E-state index in [1.165, 1.54) is 18.3 Å². The molecule has 1 aliphatic heterocycles. The standard InChI is InChI=1S/C8H6N2O5S/c11-7-5-4(2-1-3-9-5)16(14,15)10-6(7)8(12)13/h1-3,6,10H,(H,12,13). The van der Waals surface area contributed by atoms with Crippen LogP contribution < -0.4 is 4.72 Å². The highest BCUT2D eigenvalue weighted by atomic mass is 32.2. The van der Waals surface area contributed by atoms with Crippen LogP contribution in [0.3, 0.4) is 0 Å². The Balaban J connectivity index is 2.67. The van der Waals surface area contributed by atoms with Gasteiger partial charge in [0.2, 0.25) is 15.8 Å². The van der Waals surface area contributed by atoms with Crippen molar-refractivity contribution in [1.29, 1.82) is 0 Å². The van der Waals surface area contributed by atoms with Crippen molar-refractivity contribution < 1.29 is 23.1 Å². The van der Waals surface area contributed by atoms with Crippen LogP contribution in [-0.4, -0.2) is 36.3 Å². The molecule has 0 spiro atoms. The molecular weight excluding hydrogens is 236 g/mol. The molecule has 2 heterocycles. The average Bonchev–Trinajstić information content (AvgIpc) is 2.23. The Bertz CT molecular complexity index is 580. The zero-order chi connectivity index (χ0) is 11.9. The van der Waals surface area contributed by atoms with Crippen LogP contribution in [0, 0.1) is 0 Å². The van der Waals surface area contributed by atoms with Gasteiger partial charge in [-0.1, -0.05) is 0 Å². The Labute approximate surface area is 90.2 Å². The lowest BCUT2D eigenvalue weighted by Crippen LogP contribution is -2.50. The maximum atomic E-state index is 11.6. The van der Waals surface area contributed by atoms with Gasteiger partial charge in [-0.3, -0.25) is 9.78 Å². The highest BCUT2D eigenvalue weighted by molar-refractivity contribution is 7.89. The zero-order valence-corrected chi connectivity index (χ0v) is 8.56. The molecule has 0 fully saturated rings. The number of sulfonamides is 1. The number of rotatable bonds is 1. The van der Waals surface area contributed by atoms with Gasteiger partial charge in [0.05, 0.1) is 0 Å². The van der Waals surface area contributed by atoms with E-state index in [2.05, 4.69) is 4.98 Å². The van der Waals surface area contributed by atoms with E-state index < -0.39 is 27.8 Å². The minimum absolute atomic E-state index is 0.294. The fraction of sp³-hybridized carbons (Fsp3) is 0.125. The van der Waals surface area contributed by atoms with E-state index in [0.717, 1.165) is 0 Å². The summed E-state index contributed by atoms with van der Waals surface area (Å²) in [5, 5.41) is 8.69. The number of ketones is 1. The molecule has 2 N–H and O–H groups in total. The van der Waals surface area contributed by atoms with Gasteiger partial charge in [0.25, 0.3) is 0 Å². The fourth-order valence-electron chi connectivity index (χ4n) is 1.36. The molecule has 1 aliphatic rings. The highest BCUT2D eigenvalue weighted by Gasteiger charge is 2.41. The largest absolute Gasteiger partial charge is 0.480 e. The molecule has 16 heavy (non-hydrogen) atoms. The van der Waals surface area contributed by atoms with Gasteiger partial charge in [0.15, 0.2) is 6.04 Å². The van der Waals surface area contributed by atoms with E-state index in [0.29, 0.717) is 0 Å². The van der Waals surface area contributed by atoms with Crippen molar-refractivity contribution in [2.24, 2.45) is 0 Å². The summed E-state index contributed by atoms with van der Waals surface area (Å²) in [5.41, 5.74) is -0.339. The number of nitrogens with zero attached hydrogens (tertiary/aromatic N) is 1. The summed E-state index contributed by atoms with van der Waals surface area (Å²) in [7, 11) is -3.98. The van der Waals surface area contributed by atoms with E-state index in [1.807, 2.05) is 0 Å². The van der Waals surface area contributed by atoms with Gasteiger partial charge in [-0.15, -0.1) is 0 Å². The molecule has 84 valence electrons. The molecule has 0 saturated carbocycles. The van der Waals surface area contributed by atoms with Gasteiger partial charge >= 0.3 is 5.97 Å². The lowest BCUT2D eigenvalue weighted by atomic mass is 10.1. The number of carbonyl (C=O) groups is 2. The molecule has 1 aromatic heterocycles. The van der Waals surface area contributed by atoms with Crippen molar-refractivity contribution in [2.45, 2.75) is 10.9 Å². The van der Waals surface area contributed by atoms with E-state index in [9.17, 15) is 18.0 Å². The van der Waals surface area contributed by atoms with Crippen LogP contribution in [0.15, 0.2) is 23.2 Å². The molecule has 0 amide bonds. The number of hydrogen-bond donors (Lipinski definition) is 2. The predicted octanol–water partition coefficient (Wildman–Crippen LogP) is -0.991. The van der Waals surface area contributed by atoms with Crippen LogP contribution in [0.4, 0.5) is 0 Å². The molecule has 1 aromatic rings. The third-order valence-corrected chi connectivity index (χ3v) is 3.53. The molecule has 0 bridgehead atoms. The molecule has 1 unspecified atom stereocenters. The molecule has 7 nitrogen and oxygen atoms in total. The highest BCUT2D eigenvalue weighted by Crippen LogP contribution is 2.20. The van der Waals surface area contributed by atoms with Gasteiger partial charge in [0, 0.05) is 6.20 Å². The summed E-state index contributed by atoms with van der Waals surface area (Å²) in [4.78, 5) is 25.6. The number of aromatic nitrogens is 1. The van der Waals surface area contributed by atoms with Crippen LogP contribution in [0.1, 0.15) is 10.5 Å². The molecule has 8 heteroatoms. The third kappa shape index (κ3) is 1.48. The normalized spacial score (nSPS) is 22.5. The monoisotopic (exact) mass is 242 g/mol. The van der Waals surface area contributed by atoms with Crippen LogP contribution in [0.5, 0.6) is 0 Å². The maximum absolute atomic E-state index is 11.6. The van der Waals surface area contributed by atoms with Gasteiger partial charge in [-0.25, -0.2) is 13.2 Å². The number of Topliss-reactive ketones (excluding diaryl/α,β-unsaturated/α-hetero) is 1. The number of fused-ring (bicyclic) bond motifs is 1. The zero-order valence-electron chi connectivity index (χ0n) is 7.75. The van der Waals surface area contributed by atoms with Gasteiger partial charge in [0.1, 0.15) is 10.6 Å². The van der Waals surface area contributed by atoms with Gasteiger partial charge < -0.3 is 5.11 Å². The van der Waals surface area contributed by atoms with Crippen molar-refractivity contribution in [3.63, 3.8) is 0 Å². The van der Waals surface area contributed by atoms with E-state index in [-0.39, 0.29) is 10.6 Å². The maximum Gasteiger partial charge on any atom is 0.329 e. The Morgan fingerprint density at radius 2 is 2.19 bits per heavy atom. The summed E-state index contributed by atoms with van der Waals surface area (Å²) in [6.07, 6.45) is 1.23. The average molecular weight is 242 g/mol. The minimum Gasteiger partial charge on any atom is -0.480 e. The molecule has 0 aromatic carbocycles. The first-order chi connectivity index (χ1) is 7.43. The number of carboxylic acids is 1. The molecule has 0 aliphatic carbocycles. The van der Waals surface area contributed by atoms with E-state index in [1.54, 1.807) is 4.72 Å². The first-order valence-corrected chi connectivity index (χ1v) is 5.66. The number of aliphatic carboxylic acids is 1. The SMILES string of the molecule is O=C(O)C1NS(=O)(=O)c2cccnc2C1=O. The van der Waals surface area contributed by atoms with Crippen molar-refractivity contribution in [2.75, 3.05) is 0 Å². The molecular formula is C8H6N2O5S. The topological polar surface area (TPSA) is 113 Å². The van der Waals surface area contributed by atoms with Gasteiger partial charge in [-0.2, -0.15) is 4.72 Å². The Kier molecular flexibility index (Phi) is 2.25. The number of hydrogen-bond acceptors (Lipinski definition) is 5. The first kappa shape index (κ1) is 10.7. The Morgan fingerprint density at radius 3 is 2.81 bits per heavy atom. The van der Waals surface area contributed by atoms with Crippen LogP contribution >= 0.6 is 0 Å². The summed E-state index contributed by atoms with van der Waals surface area (Å²) >= 11 is 0. The second-order valence-corrected chi connectivity index (χ2v) is 4.79. The molecule has 1 atom stereocenters. The third-order valence-electron chi connectivity index (χ3n) is 2.08. The number of carboxylic acid groups (broad SMARTS) is 1. The molecule has 0 saturated heterocycles. The van der Waals surface area contributed by atoms with Gasteiger partial charge in [-0.05, 0) is 12.1 Å². The first-order valence-electron chi connectivity index (χ1n) is 4.18. The molecule has 2 rings (SSSR count). The van der Waals surface area contributed by atoms with Crippen molar-refractivity contribution in [3.8, 4) is 0 Å². The second kappa shape index (κ2) is 3.35. The van der Waals surface area contributed by atoms with E-state index >= 15 is 0 Å². The number of pyridine rings is 1. The van der Waals surface area contributed by atoms with E-state index in [4.69, 9.17) is 5.11 Å². The lowest BCUT2D eigenvalue weighted by Gasteiger charge is -2.20. The predicted molar refractivity (Wildman–Crippen MR) is 50.3 cm³/mol. The van der Waals surface area contributed by atoms with Crippen LogP contribution in [-0.2, 0) is 14.8 Å². The van der Waals surface area contributed by atoms with Crippen molar-refractivity contribution in [3.05, 3.63) is 24.0 Å². The summed E-state index contributed by atoms with van der Waals surface area (Å²) in [6.45, 7) is 0. The summed E-state index contributed by atoms with van der Waals surface area (Å²) in [5.74, 6) is -2.41. The smallest absolute Gasteiger partial charge is 0.329 e. The van der Waals surface area contributed by atoms with Crippen molar-refractivity contribution >= 4 is 21.8 Å². The van der Waals surface area contributed by atoms with Crippen LogP contribution in [0.2, 0.25) is 0 Å². The summed E-state index contributed by atoms with van der Waals surface area (Å²) < 4.78 is 24.9. The fourth-order valence-corrected chi connectivity index (χ4v) is 2.67. The van der Waals surface area contributed by atoms with Crippen LogP contribution in [0.25, 0.3) is 0 Å². The summed E-state index contributed by atoms with van der Waals surface area (Å²) in [6, 6.07) is 0.750. The quantitative estimate of drug-likeness (QED) is 0.611. The Morgan fingerprint density at radius 1 is 1.50 bits per heavy atom. The minimum atomic E-state index is -3.98. The Hall–Kier alpha value is -1.80.